The van der Waals surface area contributed by atoms with Crippen LogP contribution in [-0.2, 0) is 16.4 Å². The Morgan fingerprint density at radius 1 is 1.50 bits per heavy atom. The predicted octanol–water partition coefficient (Wildman–Crippen LogP) is 0.645. The number of hydrogen-bond acceptors (Lipinski definition) is 5. The number of carboxylic acid groups (broad SMARTS) is 1. The number of aromatic carboxylic acids is 1. The van der Waals surface area contributed by atoms with Gasteiger partial charge in [0.25, 0.3) is 0 Å². The van der Waals surface area contributed by atoms with E-state index in [9.17, 15) is 13.2 Å². The zero-order valence-corrected chi connectivity index (χ0v) is 10.6. The van der Waals surface area contributed by atoms with Gasteiger partial charge in [-0.05, 0) is 25.0 Å². The maximum absolute atomic E-state index is 11.4. The zero-order chi connectivity index (χ0) is 13.2. The summed E-state index contributed by atoms with van der Waals surface area (Å²) in [5.41, 5.74) is 0. The number of carboxylic acids is 1. The molecule has 0 saturated carbocycles. The molecule has 0 spiro atoms. The zero-order valence-electron chi connectivity index (χ0n) is 9.76. The molecule has 1 aromatic rings. The fraction of sp³-hybridized carbons (Fsp3) is 0.545. The van der Waals surface area contributed by atoms with Gasteiger partial charge in [-0.25, -0.2) is 13.2 Å². The Bertz CT molecular complexity index is 533. The molecule has 2 rings (SSSR count). The van der Waals surface area contributed by atoms with E-state index in [0.717, 1.165) is 6.42 Å². The van der Waals surface area contributed by atoms with Crippen molar-refractivity contribution < 1.29 is 22.7 Å². The van der Waals surface area contributed by atoms with E-state index in [2.05, 4.69) is 5.32 Å². The van der Waals surface area contributed by atoms with E-state index in [1.165, 1.54) is 6.07 Å². The van der Waals surface area contributed by atoms with Gasteiger partial charge in [-0.3, -0.25) is 0 Å². The molecule has 1 aliphatic heterocycles. The van der Waals surface area contributed by atoms with E-state index >= 15 is 0 Å². The van der Waals surface area contributed by atoms with E-state index in [0.29, 0.717) is 18.7 Å². The second kappa shape index (κ2) is 5.11. The van der Waals surface area contributed by atoms with Crippen molar-refractivity contribution in [3.05, 3.63) is 23.7 Å². The largest absolute Gasteiger partial charge is 0.475 e. The second-order valence-electron chi connectivity index (χ2n) is 4.41. The van der Waals surface area contributed by atoms with Gasteiger partial charge in [0.05, 0.1) is 18.1 Å². The molecule has 1 unspecified atom stereocenters. The Balaban J connectivity index is 1.89. The van der Waals surface area contributed by atoms with Gasteiger partial charge in [-0.2, -0.15) is 0 Å². The van der Waals surface area contributed by atoms with Crippen molar-refractivity contribution in [2.75, 3.05) is 11.5 Å². The molecular formula is C11H15NO5S. The third kappa shape index (κ3) is 3.33. The lowest BCUT2D eigenvalue weighted by molar-refractivity contribution is 0.0660. The van der Waals surface area contributed by atoms with E-state index < -0.39 is 15.8 Å². The molecule has 6 nitrogen and oxygen atoms in total. The highest BCUT2D eigenvalue weighted by Crippen LogP contribution is 2.13. The van der Waals surface area contributed by atoms with E-state index in [1.54, 1.807) is 6.07 Å². The Morgan fingerprint density at radius 2 is 2.28 bits per heavy atom. The number of furan rings is 1. The lowest BCUT2D eigenvalue weighted by Gasteiger charge is -2.22. The average molecular weight is 273 g/mol. The molecule has 100 valence electrons. The normalized spacial score (nSPS) is 22.8. The van der Waals surface area contributed by atoms with Crippen LogP contribution < -0.4 is 5.32 Å². The van der Waals surface area contributed by atoms with Crippen LogP contribution in [0.25, 0.3) is 0 Å². The third-order valence-corrected chi connectivity index (χ3v) is 4.72. The number of carbonyl (C=O) groups is 1. The van der Waals surface area contributed by atoms with Gasteiger partial charge in [-0.1, -0.05) is 0 Å². The van der Waals surface area contributed by atoms with Crippen molar-refractivity contribution in [3.63, 3.8) is 0 Å². The Labute approximate surface area is 105 Å². The van der Waals surface area contributed by atoms with E-state index in [1.807, 2.05) is 0 Å². The maximum atomic E-state index is 11.4. The summed E-state index contributed by atoms with van der Waals surface area (Å²) in [7, 11) is -2.93. The van der Waals surface area contributed by atoms with Crippen molar-refractivity contribution >= 4 is 15.8 Å². The van der Waals surface area contributed by atoms with Crippen molar-refractivity contribution in [2.24, 2.45) is 0 Å². The fourth-order valence-electron chi connectivity index (χ4n) is 2.02. The summed E-state index contributed by atoms with van der Waals surface area (Å²) in [6, 6.07) is 2.88. The fourth-order valence-corrected chi connectivity index (χ4v) is 3.69. The summed E-state index contributed by atoms with van der Waals surface area (Å²) < 4.78 is 27.9. The molecule has 7 heteroatoms. The summed E-state index contributed by atoms with van der Waals surface area (Å²) in [6.45, 7) is 0.341. The molecule has 0 amide bonds. The van der Waals surface area contributed by atoms with Gasteiger partial charge in [0.15, 0.2) is 9.84 Å². The molecule has 0 aliphatic carbocycles. The minimum atomic E-state index is -2.93. The van der Waals surface area contributed by atoms with Crippen LogP contribution in [-0.4, -0.2) is 37.0 Å². The molecule has 0 bridgehead atoms. The monoisotopic (exact) mass is 273 g/mol. The van der Waals surface area contributed by atoms with Crippen LogP contribution in [0.1, 0.15) is 29.2 Å². The van der Waals surface area contributed by atoms with Crippen molar-refractivity contribution in [1.82, 2.24) is 5.32 Å². The maximum Gasteiger partial charge on any atom is 0.371 e. The topological polar surface area (TPSA) is 96.6 Å². The molecule has 1 aliphatic rings. The SMILES string of the molecule is O=C(O)c1ccc(CNC2CCCS(=O)(=O)C2)o1. The molecule has 1 atom stereocenters. The van der Waals surface area contributed by atoms with Crippen molar-refractivity contribution in [1.29, 1.82) is 0 Å². The van der Waals surface area contributed by atoms with Gasteiger partial charge in [-0.15, -0.1) is 0 Å². The van der Waals surface area contributed by atoms with Crippen LogP contribution >= 0.6 is 0 Å². The average Bonchev–Trinajstić information content (AvgIpc) is 2.74. The quantitative estimate of drug-likeness (QED) is 0.836. The highest BCUT2D eigenvalue weighted by Gasteiger charge is 2.24. The van der Waals surface area contributed by atoms with Crippen LogP contribution in [0, 0.1) is 0 Å². The van der Waals surface area contributed by atoms with Gasteiger partial charge in [0.1, 0.15) is 5.76 Å². The first-order valence-electron chi connectivity index (χ1n) is 5.72. The highest BCUT2D eigenvalue weighted by atomic mass is 32.2. The Hall–Kier alpha value is -1.34. The molecule has 0 aromatic carbocycles. The van der Waals surface area contributed by atoms with E-state index in [-0.39, 0.29) is 23.3 Å². The van der Waals surface area contributed by atoms with Gasteiger partial charge < -0.3 is 14.8 Å². The lowest BCUT2D eigenvalue weighted by atomic mass is 10.2. The number of nitrogens with one attached hydrogen (secondary N) is 1. The number of sulfone groups is 1. The smallest absolute Gasteiger partial charge is 0.371 e. The van der Waals surface area contributed by atoms with Crippen molar-refractivity contribution in [3.8, 4) is 0 Å². The summed E-state index contributed by atoms with van der Waals surface area (Å²) in [5, 5.41) is 11.8. The summed E-state index contributed by atoms with van der Waals surface area (Å²) in [5.74, 6) is -0.325. The molecular weight excluding hydrogens is 258 g/mol. The van der Waals surface area contributed by atoms with Gasteiger partial charge in [0, 0.05) is 6.04 Å². The molecule has 18 heavy (non-hydrogen) atoms. The molecule has 2 N–H and O–H groups in total. The molecule has 1 fully saturated rings. The highest BCUT2D eigenvalue weighted by molar-refractivity contribution is 7.91. The molecule has 1 saturated heterocycles. The second-order valence-corrected chi connectivity index (χ2v) is 6.63. The van der Waals surface area contributed by atoms with Crippen LogP contribution in [0.2, 0.25) is 0 Å². The van der Waals surface area contributed by atoms with Crippen LogP contribution in [0.5, 0.6) is 0 Å². The minimum absolute atomic E-state index is 0.0814. The first-order chi connectivity index (χ1) is 8.46. The van der Waals surface area contributed by atoms with Crippen molar-refractivity contribution in [2.45, 2.75) is 25.4 Å². The van der Waals surface area contributed by atoms with Crippen LogP contribution in [0.4, 0.5) is 0 Å². The molecule has 1 aromatic heterocycles. The molecule has 2 heterocycles. The Kier molecular flexibility index (Phi) is 3.72. The summed E-state index contributed by atoms with van der Waals surface area (Å²) in [6.07, 6.45) is 1.48. The predicted molar refractivity (Wildman–Crippen MR) is 64.2 cm³/mol. The first-order valence-corrected chi connectivity index (χ1v) is 7.54. The summed E-state index contributed by atoms with van der Waals surface area (Å²) >= 11 is 0. The van der Waals surface area contributed by atoms with Gasteiger partial charge in [0.2, 0.25) is 5.76 Å². The van der Waals surface area contributed by atoms with Crippen LogP contribution in [0.3, 0.4) is 0 Å². The lowest BCUT2D eigenvalue weighted by Crippen LogP contribution is -2.39. The van der Waals surface area contributed by atoms with E-state index in [4.69, 9.17) is 9.52 Å². The Morgan fingerprint density at radius 3 is 2.89 bits per heavy atom. The standard InChI is InChI=1S/C11H15NO5S/c13-11(14)10-4-3-9(17-10)6-12-8-2-1-5-18(15,16)7-8/h3-4,8,12H,1-2,5-7H2,(H,13,14). The number of rotatable bonds is 4. The summed E-state index contributed by atoms with van der Waals surface area (Å²) in [4.78, 5) is 10.6. The first kappa shape index (κ1) is 13.1. The number of hydrogen-bond donors (Lipinski definition) is 2. The third-order valence-electron chi connectivity index (χ3n) is 2.90. The molecule has 0 radical (unpaired) electrons. The van der Waals surface area contributed by atoms with Gasteiger partial charge >= 0.3 is 5.97 Å². The van der Waals surface area contributed by atoms with Crippen LogP contribution in [0.15, 0.2) is 16.5 Å². The minimum Gasteiger partial charge on any atom is -0.475 e.